The SMILES string of the molecule is O=C(CCN1CCOCC1)NNC(=O)Nc1ccccc1C(F)(F)F. The van der Waals surface area contributed by atoms with Crippen molar-refractivity contribution in [2.75, 3.05) is 38.2 Å². The number of rotatable bonds is 4. The molecule has 1 aromatic rings. The number of hydrogen-bond acceptors (Lipinski definition) is 4. The van der Waals surface area contributed by atoms with E-state index in [0.717, 1.165) is 25.2 Å². The third kappa shape index (κ3) is 6.24. The average Bonchev–Trinajstić information content (AvgIpc) is 2.58. The van der Waals surface area contributed by atoms with Gasteiger partial charge in [0.05, 0.1) is 24.5 Å². The molecule has 0 saturated carbocycles. The van der Waals surface area contributed by atoms with Crippen molar-refractivity contribution in [3.05, 3.63) is 29.8 Å². The Morgan fingerprint density at radius 3 is 2.48 bits per heavy atom. The summed E-state index contributed by atoms with van der Waals surface area (Å²) in [5.74, 6) is -0.439. The molecule has 0 atom stereocenters. The van der Waals surface area contributed by atoms with Crippen LogP contribution < -0.4 is 16.2 Å². The number of hydrogen-bond donors (Lipinski definition) is 3. The van der Waals surface area contributed by atoms with Crippen LogP contribution in [-0.2, 0) is 15.7 Å². The molecule has 25 heavy (non-hydrogen) atoms. The molecule has 3 N–H and O–H groups in total. The van der Waals surface area contributed by atoms with Gasteiger partial charge >= 0.3 is 12.2 Å². The van der Waals surface area contributed by atoms with Crippen LogP contribution in [0.4, 0.5) is 23.7 Å². The first kappa shape index (κ1) is 19.0. The summed E-state index contributed by atoms with van der Waals surface area (Å²) in [5, 5.41) is 2.07. The minimum atomic E-state index is -4.59. The minimum Gasteiger partial charge on any atom is -0.379 e. The summed E-state index contributed by atoms with van der Waals surface area (Å²) in [6, 6.07) is 3.61. The zero-order valence-corrected chi connectivity index (χ0v) is 13.4. The number of amides is 3. The maximum absolute atomic E-state index is 12.8. The Balaban J connectivity index is 1.76. The van der Waals surface area contributed by atoms with Crippen molar-refractivity contribution in [1.29, 1.82) is 0 Å². The number of nitrogens with one attached hydrogen (secondary N) is 3. The Bertz CT molecular complexity index is 604. The number of halogens is 3. The summed E-state index contributed by atoms with van der Waals surface area (Å²) in [6.07, 6.45) is -4.44. The molecule has 1 aliphatic rings. The predicted molar refractivity (Wildman–Crippen MR) is 83.6 cm³/mol. The highest BCUT2D eigenvalue weighted by Crippen LogP contribution is 2.34. The van der Waals surface area contributed by atoms with Crippen molar-refractivity contribution in [2.24, 2.45) is 0 Å². The van der Waals surface area contributed by atoms with Crippen molar-refractivity contribution < 1.29 is 27.5 Å². The fourth-order valence-corrected chi connectivity index (χ4v) is 2.27. The Morgan fingerprint density at radius 1 is 1.12 bits per heavy atom. The molecule has 7 nitrogen and oxygen atoms in total. The first-order chi connectivity index (χ1) is 11.9. The van der Waals surface area contributed by atoms with Gasteiger partial charge in [0.1, 0.15) is 0 Å². The lowest BCUT2D eigenvalue weighted by Gasteiger charge is -2.26. The third-order valence-electron chi connectivity index (χ3n) is 3.55. The van der Waals surface area contributed by atoms with Crippen LogP contribution in [0.15, 0.2) is 24.3 Å². The molecule has 1 heterocycles. The number of hydrazine groups is 1. The zero-order valence-electron chi connectivity index (χ0n) is 13.4. The van der Waals surface area contributed by atoms with Crippen molar-refractivity contribution in [1.82, 2.24) is 15.8 Å². The molecule has 2 rings (SSSR count). The Morgan fingerprint density at radius 2 is 1.80 bits per heavy atom. The normalized spacial score (nSPS) is 15.5. The topological polar surface area (TPSA) is 82.7 Å². The number of ether oxygens (including phenoxy) is 1. The molecule has 0 aliphatic carbocycles. The van der Waals surface area contributed by atoms with Gasteiger partial charge in [0, 0.05) is 26.1 Å². The van der Waals surface area contributed by atoms with E-state index in [1.165, 1.54) is 12.1 Å². The van der Waals surface area contributed by atoms with Crippen molar-refractivity contribution in [3.8, 4) is 0 Å². The number of benzene rings is 1. The van der Waals surface area contributed by atoms with E-state index in [0.29, 0.717) is 19.8 Å². The maximum Gasteiger partial charge on any atom is 0.418 e. The fraction of sp³-hybridized carbons (Fsp3) is 0.467. The molecule has 1 aliphatic heterocycles. The molecule has 0 radical (unpaired) electrons. The molecule has 0 bridgehead atoms. The Labute approximate surface area is 142 Å². The number of morpholine rings is 1. The monoisotopic (exact) mass is 360 g/mol. The molecule has 138 valence electrons. The Kier molecular flexibility index (Phi) is 6.59. The molecule has 10 heteroatoms. The van der Waals surface area contributed by atoms with Gasteiger partial charge in [0.25, 0.3) is 0 Å². The summed E-state index contributed by atoms with van der Waals surface area (Å²) < 4.78 is 43.7. The summed E-state index contributed by atoms with van der Waals surface area (Å²) >= 11 is 0. The van der Waals surface area contributed by atoms with E-state index < -0.39 is 29.4 Å². The largest absolute Gasteiger partial charge is 0.418 e. The highest BCUT2D eigenvalue weighted by Gasteiger charge is 2.33. The van der Waals surface area contributed by atoms with Crippen molar-refractivity contribution in [3.63, 3.8) is 0 Å². The van der Waals surface area contributed by atoms with Gasteiger partial charge in [-0.15, -0.1) is 0 Å². The molecular formula is C15H19F3N4O3. The number of para-hydroxylation sites is 1. The van der Waals surface area contributed by atoms with Crippen LogP contribution in [0.25, 0.3) is 0 Å². The van der Waals surface area contributed by atoms with Crippen LogP contribution >= 0.6 is 0 Å². The van der Waals surface area contributed by atoms with Crippen LogP contribution in [0, 0.1) is 0 Å². The molecule has 1 saturated heterocycles. The first-order valence-electron chi connectivity index (χ1n) is 7.68. The van der Waals surface area contributed by atoms with E-state index >= 15 is 0 Å². The number of carbonyl (C=O) groups is 2. The van der Waals surface area contributed by atoms with Crippen LogP contribution in [0.3, 0.4) is 0 Å². The molecule has 3 amide bonds. The van der Waals surface area contributed by atoms with E-state index in [9.17, 15) is 22.8 Å². The second kappa shape index (κ2) is 8.67. The smallest absolute Gasteiger partial charge is 0.379 e. The van der Waals surface area contributed by atoms with Crippen LogP contribution in [-0.4, -0.2) is 49.7 Å². The van der Waals surface area contributed by atoms with Gasteiger partial charge in [0.2, 0.25) is 5.91 Å². The van der Waals surface area contributed by atoms with Gasteiger partial charge in [-0.25, -0.2) is 10.2 Å². The van der Waals surface area contributed by atoms with Gasteiger partial charge in [-0.2, -0.15) is 13.2 Å². The quantitative estimate of drug-likeness (QED) is 0.712. The summed E-state index contributed by atoms with van der Waals surface area (Å²) in [4.78, 5) is 25.4. The maximum atomic E-state index is 12.8. The minimum absolute atomic E-state index is 0.152. The third-order valence-corrected chi connectivity index (χ3v) is 3.55. The number of urea groups is 1. The van der Waals surface area contributed by atoms with Gasteiger partial charge in [-0.1, -0.05) is 12.1 Å². The standard InChI is InChI=1S/C15H19F3N4O3/c16-15(17,18)11-3-1-2-4-12(11)19-14(24)21-20-13(23)5-6-22-7-9-25-10-8-22/h1-4H,5-10H2,(H,20,23)(H2,19,21,24). The second-order valence-corrected chi connectivity index (χ2v) is 5.37. The lowest BCUT2D eigenvalue weighted by Crippen LogP contribution is -2.45. The van der Waals surface area contributed by atoms with Gasteiger partial charge < -0.3 is 10.1 Å². The van der Waals surface area contributed by atoms with Crippen LogP contribution in [0.5, 0.6) is 0 Å². The van der Waals surface area contributed by atoms with Crippen molar-refractivity contribution in [2.45, 2.75) is 12.6 Å². The van der Waals surface area contributed by atoms with Crippen LogP contribution in [0.2, 0.25) is 0 Å². The first-order valence-corrected chi connectivity index (χ1v) is 7.68. The zero-order chi connectivity index (χ0) is 18.3. The fourth-order valence-electron chi connectivity index (χ4n) is 2.27. The highest BCUT2D eigenvalue weighted by molar-refractivity contribution is 5.91. The predicted octanol–water partition coefficient (Wildman–Crippen LogP) is 1.58. The van der Waals surface area contributed by atoms with E-state index in [4.69, 9.17) is 4.74 Å². The van der Waals surface area contributed by atoms with Gasteiger partial charge in [-0.3, -0.25) is 15.1 Å². The van der Waals surface area contributed by atoms with E-state index in [2.05, 4.69) is 10.7 Å². The molecule has 1 fully saturated rings. The summed E-state index contributed by atoms with van der Waals surface area (Å²) in [7, 11) is 0. The highest BCUT2D eigenvalue weighted by atomic mass is 19.4. The average molecular weight is 360 g/mol. The van der Waals surface area contributed by atoms with Crippen LogP contribution in [0.1, 0.15) is 12.0 Å². The number of alkyl halides is 3. The number of anilines is 1. The molecule has 0 spiro atoms. The summed E-state index contributed by atoms with van der Waals surface area (Å²) in [6.45, 7) is 3.20. The van der Waals surface area contributed by atoms with Gasteiger partial charge in [-0.05, 0) is 12.1 Å². The molecule has 0 unspecified atom stereocenters. The molecule has 0 aromatic heterocycles. The van der Waals surface area contributed by atoms with E-state index in [1.807, 2.05) is 10.3 Å². The lowest BCUT2D eigenvalue weighted by molar-refractivity contribution is -0.137. The number of carbonyl (C=O) groups excluding carboxylic acids is 2. The Hall–Kier alpha value is -2.33. The summed E-state index contributed by atoms with van der Waals surface area (Å²) in [5.41, 5.74) is 2.84. The number of nitrogens with zero attached hydrogens (tertiary/aromatic N) is 1. The second-order valence-electron chi connectivity index (χ2n) is 5.37. The van der Waals surface area contributed by atoms with Gasteiger partial charge in [0.15, 0.2) is 0 Å². The lowest BCUT2D eigenvalue weighted by atomic mass is 10.1. The molecule has 1 aromatic carbocycles. The van der Waals surface area contributed by atoms with E-state index in [-0.39, 0.29) is 6.42 Å². The molecular weight excluding hydrogens is 341 g/mol. The van der Waals surface area contributed by atoms with E-state index in [1.54, 1.807) is 0 Å². The van der Waals surface area contributed by atoms with Crippen molar-refractivity contribution >= 4 is 17.6 Å².